The van der Waals surface area contributed by atoms with Gasteiger partial charge in [0.2, 0.25) is 5.91 Å². The van der Waals surface area contributed by atoms with Gasteiger partial charge in [-0.3, -0.25) is 4.79 Å². The van der Waals surface area contributed by atoms with Crippen molar-refractivity contribution in [1.82, 2.24) is 25.3 Å². The Bertz CT molecular complexity index is 1340. The largest absolute Gasteiger partial charge is 0.478 e. The summed E-state index contributed by atoms with van der Waals surface area (Å²) in [5.41, 5.74) is 1.23. The van der Waals surface area contributed by atoms with Crippen LogP contribution in [0.3, 0.4) is 0 Å². The van der Waals surface area contributed by atoms with Gasteiger partial charge in [-0.05, 0) is 25.0 Å². The van der Waals surface area contributed by atoms with Crippen molar-refractivity contribution in [3.8, 4) is 11.4 Å². The minimum atomic E-state index is -1.11. The molecule has 0 spiro atoms. The molecule has 0 saturated heterocycles. The average molecular weight is 531 g/mol. The third-order valence-corrected chi connectivity index (χ3v) is 6.50. The maximum atomic E-state index is 14.9. The van der Waals surface area contributed by atoms with Gasteiger partial charge in [-0.2, -0.15) is 0 Å². The molecule has 0 fully saturated rings. The van der Waals surface area contributed by atoms with Crippen LogP contribution in [-0.2, 0) is 14.3 Å². The molecule has 4 rings (SSSR count). The first-order valence-electron chi connectivity index (χ1n) is 12.0. The molecule has 0 saturated carbocycles. The summed E-state index contributed by atoms with van der Waals surface area (Å²) in [6.45, 7) is 5.31. The highest BCUT2D eigenvalue weighted by Crippen LogP contribution is 2.30. The van der Waals surface area contributed by atoms with Crippen molar-refractivity contribution in [3.63, 3.8) is 0 Å². The van der Waals surface area contributed by atoms with Crippen LogP contribution >= 0.6 is 11.6 Å². The predicted molar refractivity (Wildman–Crippen MR) is 137 cm³/mol. The van der Waals surface area contributed by atoms with Gasteiger partial charge in [-0.1, -0.05) is 25.4 Å². The van der Waals surface area contributed by atoms with Gasteiger partial charge in [0.05, 0.1) is 35.5 Å². The number of carbonyl (C=O) groups excluding carboxylic acids is 1. The smallest absolute Gasteiger partial charge is 0.331 e. The predicted octanol–water partition coefficient (Wildman–Crippen LogP) is 4.09. The van der Waals surface area contributed by atoms with Crippen LogP contribution in [0.5, 0.6) is 0 Å². The number of carboxylic acid groups (broad SMARTS) is 1. The van der Waals surface area contributed by atoms with Gasteiger partial charge in [-0.15, -0.1) is 0 Å². The van der Waals surface area contributed by atoms with E-state index < -0.39 is 30.0 Å². The van der Waals surface area contributed by atoms with Crippen molar-refractivity contribution in [2.45, 2.75) is 64.3 Å². The first-order valence-corrected chi connectivity index (χ1v) is 12.4. The third kappa shape index (κ3) is 5.89. The number of amides is 1. The van der Waals surface area contributed by atoms with Crippen LogP contribution in [0.1, 0.15) is 40.0 Å². The number of anilines is 1. The van der Waals surface area contributed by atoms with Crippen molar-refractivity contribution < 1.29 is 23.8 Å². The number of pyridine rings is 1. The topological polar surface area (TPSA) is 142 Å². The number of rotatable bonds is 9. The highest BCUT2D eigenvalue weighted by molar-refractivity contribution is 6.31. The van der Waals surface area contributed by atoms with Crippen molar-refractivity contribution >= 4 is 40.3 Å². The minimum absolute atomic E-state index is 0.0928. The summed E-state index contributed by atoms with van der Waals surface area (Å²) in [4.78, 5) is 39.7. The van der Waals surface area contributed by atoms with Crippen LogP contribution in [0.25, 0.3) is 22.4 Å². The van der Waals surface area contributed by atoms with Gasteiger partial charge in [0.1, 0.15) is 5.65 Å². The highest BCUT2D eigenvalue weighted by atomic mass is 35.5. The number of nitrogens with zero attached hydrogens (tertiary/aromatic N) is 3. The Morgan fingerprint density at radius 1 is 1.30 bits per heavy atom. The van der Waals surface area contributed by atoms with Crippen LogP contribution in [0.15, 0.2) is 36.3 Å². The summed E-state index contributed by atoms with van der Waals surface area (Å²) in [5.74, 6) is -2.13. The Morgan fingerprint density at radius 2 is 2.05 bits per heavy atom. The monoisotopic (exact) mass is 530 g/mol. The third-order valence-electron chi connectivity index (χ3n) is 6.30. The molecule has 0 bridgehead atoms. The Labute approximate surface area is 217 Å². The fourth-order valence-electron chi connectivity index (χ4n) is 4.45. The molecular weight excluding hydrogens is 503 g/mol. The average Bonchev–Trinajstić information content (AvgIpc) is 3.28. The number of hydrogen-bond donors (Lipinski definition) is 4. The molecule has 3 aromatic rings. The molecule has 3 atom stereocenters. The Hall–Kier alpha value is -3.57. The van der Waals surface area contributed by atoms with E-state index in [1.165, 1.54) is 19.2 Å². The Morgan fingerprint density at radius 3 is 2.73 bits per heavy atom. The van der Waals surface area contributed by atoms with Gasteiger partial charge >= 0.3 is 5.97 Å². The van der Waals surface area contributed by atoms with E-state index in [1.807, 2.05) is 13.8 Å². The lowest BCUT2D eigenvalue weighted by Crippen LogP contribution is -2.56. The first-order chi connectivity index (χ1) is 17.7. The normalized spacial score (nSPS) is 19.6. The molecule has 196 valence electrons. The molecule has 4 N–H and O–H groups in total. The number of aromatic amines is 1. The molecule has 1 unspecified atom stereocenters. The lowest BCUT2D eigenvalue weighted by atomic mass is 9.87. The number of H-pyrrole nitrogens is 1. The van der Waals surface area contributed by atoms with Gasteiger partial charge in [0.15, 0.2) is 17.5 Å². The highest BCUT2D eigenvalue weighted by Gasteiger charge is 2.38. The molecular formula is C25H28ClFN6O4. The zero-order valence-electron chi connectivity index (χ0n) is 20.6. The molecule has 1 aliphatic rings. The Kier molecular flexibility index (Phi) is 8.03. The lowest BCUT2D eigenvalue weighted by Gasteiger charge is -2.38. The zero-order valence-corrected chi connectivity index (χ0v) is 21.3. The fraction of sp³-hybridized carbons (Fsp3) is 0.400. The second kappa shape index (κ2) is 11.2. The van der Waals surface area contributed by atoms with Crippen LogP contribution in [-0.4, -0.2) is 61.2 Å². The summed E-state index contributed by atoms with van der Waals surface area (Å²) >= 11 is 6.10. The van der Waals surface area contributed by atoms with E-state index in [-0.39, 0.29) is 35.6 Å². The van der Waals surface area contributed by atoms with E-state index in [9.17, 15) is 19.1 Å². The molecule has 10 nitrogen and oxygen atoms in total. The van der Waals surface area contributed by atoms with Crippen molar-refractivity contribution in [2.75, 3.05) is 5.32 Å². The second-order valence-electron chi connectivity index (χ2n) is 8.85. The number of halogens is 2. The number of hydrogen-bond acceptors (Lipinski definition) is 7. The Balaban J connectivity index is 1.72. The summed E-state index contributed by atoms with van der Waals surface area (Å²) in [5, 5.41) is 16.7. The van der Waals surface area contributed by atoms with Crippen LogP contribution in [0, 0.1) is 5.82 Å². The standard InChI is InChI=1S/C25H28ClFN6O4/c1-4-15(5-2)37-20-7-13(25(35)36)6-19(21(20)31-12(3)34)32-24-18(27)11-30-23(33-24)17-10-29-22-16(17)8-14(26)9-28-22/h6,8-11,15,19-21H,4-5,7H2,1-3H3,(H,28,29)(H,31,34)(H,35,36)(H,30,32,33)/t19?,20-,21-/m1/s1. The quantitative estimate of drug-likeness (QED) is 0.324. The summed E-state index contributed by atoms with van der Waals surface area (Å²) in [6.07, 6.45) is 6.40. The number of aromatic nitrogens is 4. The molecule has 12 heteroatoms. The minimum Gasteiger partial charge on any atom is -0.478 e. The second-order valence-corrected chi connectivity index (χ2v) is 9.29. The van der Waals surface area contributed by atoms with Gasteiger partial charge in [0.25, 0.3) is 0 Å². The summed E-state index contributed by atoms with van der Waals surface area (Å²) < 4.78 is 21.1. The summed E-state index contributed by atoms with van der Waals surface area (Å²) in [6, 6.07) is 0.208. The maximum absolute atomic E-state index is 14.9. The molecule has 37 heavy (non-hydrogen) atoms. The van der Waals surface area contributed by atoms with Crippen LogP contribution < -0.4 is 10.6 Å². The van der Waals surface area contributed by atoms with Gasteiger partial charge < -0.3 is 25.5 Å². The van der Waals surface area contributed by atoms with E-state index in [0.29, 0.717) is 21.6 Å². The number of carbonyl (C=O) groups is 2. The maximum Gasteiger partial charge on any atom is 0.331 e. The molecule has 1 aliphatic carbocycles. The SMILES string of the molecule is CCC(CC)O[C@@H]1CC(C(=O)O)=CC(Nc2nc(-c3c[nH]c4ncc(Cl)cc34)ncc2F)[C@H]1NC(C)=O. The van der Waals surface area contributed by atoms with Crippen molar-refractivity contribution in [2.24, 2.45) is 0 Å². The van der Waals surface area contributed by atoms with Crippen molar-refractivity contribution in [3.05, 3.63) is 47.1 Å². The number of fused-ring (bicyclic) bond motifs is 1. The zero-order chi connectivity index (χ0) is 26.7. The van der Waals surface area contributed by atoms with Crippen LogP contribution in [0.2, 0.25) is 5.02 Å². The van der Waals surface area contributed by atoms with E-state index in [4.69, 9.17) is 16.3 Å². The molecule has 3 aromatic heterocycles. The molecule has 0 aromatic carbocycles. The van der Waals surface area contributed by atoms with Crippen LogP contribution in [0.4, 0.5) is 10.2 Å². The van der Waals surface area contributed by atoms with Gasteiger partial charge in [-0.25, -0.2) is 24.1 Å². The fourth-order valence-corrected chi connectivity index (χ4v) is 4.61. The summed E-state index contributed by atoms with van der Waals surface area (Å²) in [7, 11) is 0. The lowest BCUT2D eigenvalue weighted by molar-refractivity contribution is -0.133. The molecule has 0 radical (unpaired) electrons. The first kappa shape index (κ1) is 26.5. The number of carboxylic acids is 1. The molecule has 3 heterocycles. The van der Waals surface area contributed by atoms with E-state index in [0.717, 1.165) is 19.0 Å². The number of aliphatic carboxylic acids is 1. The molecule has 1 amide bonds. The van der Waals surface area contributed by atoms with E-state index in [2.05, 4.69) is 30.6 Å². The number of nitrogens with one attached hydrogen (secondary N) is 3. The number of ether oxygens (including phenoxy) is 1. The van der Waals surface area contributed by atoms with E-state index in [1.54, 1.807) is 12.3 Å². The molecule has 0 aliphatic heterocycles. The van der Waals surface area contributed by atoms with E-state index >= 15 is 0 Å². The van der Waals surface area contributed by atoms with Crippen molar-refractivity contribution in [1.29, 1.82) is 0 Å². The van der Waals surface area contributed by atoms with Gasteiger partial charge in [0, 0.05) is 42.3 Å².